The van der Waals surface area contributed by atoms with Gasteiger partial charge >= 0.3 is 0 Å². The highest BCUT2D eigenvalue weighted by Crippen LogP contribution is 2.27. The van der Waals surface area contributed by atoms with Gasteiger partial charge in [0.1, 0.15) is 0 Å². The molecule has 2 aromatic rings. The van der Waals surface area contributed by atoms with E-state index in [0.29, 0.717) is 0 Å². The van der Waals surface area contributed by atoms with Crippen LogP contribution in [0.15, 0.2) is 54.6 Å². The first-order valence-electron chi connectivity index (χ1n) is 7.23. The largest absolute Gasteiger partial charge is 0.371 e. The first-order chi connectivity index (χ1) is 9.33. The first kappa shape index (κ1) is 12.3. The lowest BCUT2D eigenvalue weighted by Gasteiger charge is -2.32. The highest BCUT2D eigenvalue weighted by Gasteiger charge is 2.16. The van der Waals surface area contributed by atoms with E-state index < -0.39 is 0 Å². The SMILES string of the molecule is CC1CCN(c2cccc(-c3ccccc3)c2)CC1. The summed E-state index contributed by atoms with van der Waals surface area (Å²) in [6.07, 6.45) is 2.63. The molecule has 0 radical (unpaired) electrons. The van der Waals surface area contributed by atoms with Crippen LogP contribution < -0.4 is 4.90 Å². The topological polar surface area (TPSA) is 3.24 Å². The predicted molar refractivity (Wildman–Crippen MR) is 82.5 cm³/mol. The maximum atomic E-state index is 2.52. The van der Waals surface area contributed by atoms with Crippen LogP contribution in [-0.2, 0) is 0 Å². The van der Waals surface area contributed by atoms with Crippen LogP contribution in [0.4, 0.5) is 5.69 Å². The Labute approximate surface area is 115 Å². The molecule has 0 bridgehead atoms. The van der Waals surface area contributed by atoms with E-state index in [1.165, 1.54) is 42.7 Å². The van der Waals surface area contributed by atoms with Crippen LogP contribution >= 0.6 is 0 Å². The minimum atomic E-state index is 0.883. The predicted octanol–water partition coefficient (Wildman–Crippen LogP) is 4.59. The summed E-state index contributed by atoms with van der Waals surface area (Å²) in [6, 6.07) is 19.6. The minimum Gasteiger partial charge on any atom is -0.371 e. The average molecular weight is 251 g/mol. The van der Waals surface area contributed by atoms with E-state index in [-0.39, 0.29) is 0 Å². The highest BCUT2D eigenvalue weighted by atomic mass is 15.1. The van der Waals surface area contributed by atoms with Crippen molar-refractivity contribution < 1.29 is 0 Å². The van der Waals surface area contributed by atoms with Crippen molar-refractivity contribution >= 4 is 5.69 Å². The van der Waals surface area contributed by atoms with Gasteiger partial charge in [-0.2, -0.15) is 0 Å². The summed E-state index contributed by atoms with van der Waals surface area (Å²) in [5.41, 5.74) is 3.99. The molecule has 1 aliphatic rings. The number of piperidine rings is 1. The Balaban J connectivity index is 1.84. The molecule has 19 heavy (non-hydrogen) atoms. The van der Waals surface area contributed by atoms with Crippen molar-refractivity contribution in [2.24, 2.45) is 5.92 Å². The molecule has 0 aliphatic carbocycles. The fourth-order valence-corrected chi connectivity index (χ4v) is 2.78. The molecule has 0 N–H and O–H groups in total. The van der Waals surface area contributed by atoms with Crippen LogP contribution in [0.3, 0.4) is 0 Å². The van der Waals surface area contributed by atoms with Crippen molar-refractivity contribution in [3.05, 3.63) is 54.6 Å². The summed E-state index contributed by atoms with van der Waals surface area (Å²) in [6.45, 7) is 4.75. The maximum absolute atomic E-state index is 2.52. The molecule has 98 valence electrons. The fraction of sp³-hybridized carbons (Fsp3) is 0.333. The molecule has 1 saturated heterocycles. The lowest BCUT2D eigenvalue weighted by molar-refractivity contribution is 0.438. The molecule has 0 amide bonds. The quantitative estimate of drug-likeness (QED) is 0.754. The molecule has 2 aromatic carbocycles. The van der Waals surface area contributed by atoms with E-state index in [1.807, 2.05) is 0 Å². The summed E-state index contributed by atoms with van der Waals surface area (Å²) < 4.78 is 0. The lowest BCUT2D eigenvalue weighted by Crippen LogP contribution is -2.32. The first-order valence-corrected chi connectivity index (χ1v) is 7.23. The van der Waals surface area contributed by atoms with Gasteiger partial charge in [-0.05, 0) is 42.0 Å². The standard InChI is InChI=1S/C18H21N/c1-15-10-12-19(13-11-15)18-9-5-8-17(14-18)16-6-3-2-4-7-16/h2-9,14-15H,10-13H2,1H3. The van der Waals surface area contributed by atoms with Crippen LogP contribution in [0, 0.1) is 5.92 Å². The second-order valence-electron chi connectivity index (χ2n) is 5.59. The fourth-order valence-electron chi connectivity index (χ4n) is 2.78. The third-order valence-corrected chi connectivity index (χ3v) is 4.10. The molecule has 0 spiro atoms. The van der Waals surface area contributed by atoms with Crippen LogP contribution in [0.2, 0.25) is 0 Å². The Bertz CT molecular complexity index is 524. The van der Waals surface area contributed by atoms with Crippen LogP contribution in [0.1, 0.15) is 19.8 Å². The molecule has 0 aromatic heterocycles. The van der Waals surface area contributed by atoms with Crippen molar-refractivity contribution in [2.75, 3.05) is 18.0 Å². The Morgan fingerprint density at radius 3 is 2.26 bits per heavy atom. The van der Waals surface area contributed by atoms with Gasteiger partial charge in [0.15, 0.2) is 0 Å². The Morgan fingerprint density at radius 2 is 1.53 bits per heavy atom. The summed E-state index contributed by atoms with van der Waals surface area (Å²) >= 11 is 0. The number of benzene rings is 2. The summed E-state index contributed by atoms with van der Waals surface area (Å²) in [7, 11) is 0. The van der Waals surface area contributed by atoms with E-state index in [1.54, 1.807) is 0 Å². The van der Waals surface area contributed by atoms with Gasteiger partial charge in [-0.1, -0.05) is 49.4 Å². The molecule has 1 heteroatoms. The molecule has 1 nitrogen and oxygen atoms in total. The molecule has 1 fully saturated rings. The molecule has 1 aliphatic heterocycles. The molecule has 1 heterocycles. The van der Waals surface area contributed by atoms with Gasteiger partial charge in [0.25, 0.3) is 0 Å². The summed E-state index contributed by atoms with van der Waals surface area (Å²) in [4.78, 5) is 2.52. The van der Waals surface area contributed by atoms with Gasteiger partial charge in [0.05, 0.1) is 0 Å². The van der Waals surface area contributed by atoms with Crippen molar-refractivity contribution in [1.29, 1.82) is 0 Å². The van der Waals surface area contributed by atoms with Gasteiger partial charge in [-0.3, -0.25) is 0 Å². The zero-order chi connectivity index (χ0) is 13.1. The Morgan fingerprint density at radius 1 is 0.842 bits per heavy atom. The maximum Gasteiger partial charge on any atom is 0.0372 e. The zero-order valence-corrected chi connectivity index (χ0v) is 11.5. The zero-order valence-electron chi connectivity index (χ0n) is 11.5. The third kappa shape index (κ3) is 2.81. The lowest BCUT2D eigenvalue weighted by atomic mass is 9.98. The van der Waals surface area contributed by atoms with Gasteiger partial charge in [0, 0.05) is 18.8 Å². The molecule has 0 atom stereocenters. The number of hydrogen-bond acceptors (Lipinski definition) is 1. The molecule has 0 saturated carbocycles. The van der Waals surface area contributed by atoms with Gasteiger partial charge in [-0.15, -0.1) is 0 Å². The van der Waals surface area contributed by atoms with Crippen LogP contribution in [0.25, 0.3) is 11.1 Å². The molecular formula is C18H21N. The van der Waals surface area contributed by atoms with E-state index in [9.17, 15) is 0 Å². The number of nitrogens with zero attached hydrogens (tertiary/aromatic N) is 1. The second-order valence-corrected chi connectivity index (χ2v) is 5.59. The Hall–Kier alpha value is -1.76. The molecule has 0 unspecified atom stereocenters. The molecular weight excluding hydrogens is 230 g/mol. The van der Waals surface area contributed by atoms with Crippen molar-refractivity contribution in [2.45, 2.75) is 19.8 Å². The normalized spacial score (nSPS) is 16.6. The monoisotopic (exact) mass is 251 g/mol. The van der Waals surface area contributed by atoms with Crippen molar-refractivity contribution in [3.8, 4) is 11.1 Å². The van der Waals surface area contributed by atoms with E-state index in [0.717, 1.165) is 5.92 Å². The van der Waals surface area contributed by atoms with E-state index >= 15 is 0 Å². The summed E-state index contributed by atoms with van der Waals surface area (Å²) in [5.74, 6) is 0.883. The van der Waals surface area contributed by atoms with E-state index in [4.69, 9.17) is 0 Å². The molecule has 3 rings (SSSR count). The number of anilines is 1. The highest BCUT2D eigenvalue weighted by molar-refractivity contribution is 5.68. The smallest absolute Gasteiger partial charge is 0.0372 e. The second kappa shape index (κ2) is 5.48. The number of rotatable bonds is 2. The Kier molecular flexibility index (Phi) is 3.54. The van der Waals surface area contributed by atoms with Gasteiger partial charge in [0.2, 0.25) is 0 Å². The van der Waals surface area contributed by atoms with Gasteiger partial charge in [-0.25, -0.2) is 0 Å². The van der Waals surface area contributed by atoms with E-state index in [2.05, 4.69) is 66.4 Å². The van der Waals surface area contributed by atoms with Crippen LogP contribution in [-0.4, -0.2) is 13.1 Å². The van der Waals surface area contributed by atoms with Crippen LogP contribution in [0.5, 0.6) is 0 Å². The summed E-state index contributed by atoms with van der Waals surface area (Å²) in [5, 5.41) is 0. The number of hydrogen-bond donors (Lipinski definition) is 0. The average Bonchev–Trinajstić information content (AvgIpc) is 2.49. The van der Waals surface area contributed by atoms with Crippen molar-refractivity contribution in [1.82, 2.24) is 0 Å². The minimum absolute atomic E-state index is 0.883. The third-order valence-electron chi connectivity index (χ3n) is 4.10. The van der Waals surface area contributed by atoms with Crippen molar-refractivity contribution in [3.63, 3.8) is 0 Å². The van der Waals surface area contributed by atoms with Gasteiger partial charge < -0.3 is 4.90 Å².